The van der Waals surface area contributed by atoms with Crippen LogP contribution >= 0.6 is 0 Å². The van der Waals surface area contributed by atoms with E-state index in [0.29, 0.717) is 12.0 Å². The van der Waals surface area contributed by atoms with Crippen molar-refractivity contribution in [2.24, 2.45) is 11.8 Å². The van der Waals surface area contributed by atoms with E-state index in [1.54, 1.807) is 0 Å². The fraction of sp³-hybridized carbons (Fsp3) is 0.400. The van der Waals surface area contributed by atoms with E-state index in [4.69, 9.17) is 5.84 Å². The minimum absolute atomic E-state index is 0.316. The smallest absolute Gasteiger partial charge is 0.0704 e. The van der Waals surface area contributed by atoms with Crippen LogP contribution in [0.2, 0.25) is 0 Å². The average molecular weight is 243 g/mol. The molecule has 0 spiro atoms. The summed E-state index contributed by atoms with van der Waals surface area (Å²) >= 11 is 0. The molecule has 2 aromatic rings. The summed E-state index contributed by atoms with van der Waals surface area (Å²) in [7, 11) is 0. The lowest BCUT2D eigenvalue weighted by Gasteiger charge is -2.18. The van der Waals surface area contributed by atoms with Crippen LogP contribution in [0.25, 0.3) is 10.9 Å². The number of nitrogens with two attached hydrogens (primary N) is 1. The second-order valence-electron chi connectivity index (χ2n) is 5.18. The summed E-state index contributed by atoms with van der Waals surface area (Å²) in [5.74, 6) is 6.29. The zero-order chi connectivity index (χ0) is 13.0. The molecule has 0 saturated carbocycles. The lowest BCUT2D eigenvalue weighted by atomic mass is 9.96. The number of hydrogen-bond donors (Lipinski definition) is 2. The highest BCUT2D eigenvalue weighted by Crippen LogP contribution is 2.19. The number of aromatic nitrogens is 1. The summed E-state index contributed by atoms with van der Waals surface area (Å²) in [5.41, 5.74) is 5.29. The number of para-hydroxylation sites is 1. The third-order valence-electron chi connectivity index (χ3n) is 3.20. The highest BCUT2D eigenvalue weighted by molar-refractivity contribution is 5.81. The third kappa shape index (κ3) is 3.06. The predicted octanol–water partition coefficient (Wildman–Crippen LogP) is 2.66. The first-order valence-corrected chi connectivity index (χ1v) is 6.49. The van der Waals surface area contributed by atoms with Gasteiger partial charge in [0.1, 0.15) is 0 Å². The van der Waals surface area contributed by atoms with Crippen molar-refractivity contribution in [2.75, 3.05) is 0 Å². The standard InChI is InChI=1S/C15H21N3/c1-11(2)9-13(18-16)10-12-7-8-17-15-6-4-3-5-14(12)15/h3-8,11,13,18H,9-10,16H2,1-2H3. The Morgan fingerprint density at radius 2 is 2.00 bits per heavy atom. The fourth-order valence-corrected chi connectivity index (χ4v) is 2.38. The maximum Gasteiger partial charge on any atom is 0.0704 e. The summed E-state index contributed by atoms with van der Waals surface area (Å²) in [6.45, 7) is 4.43. The molecule has 0 bridgehead atoms. The lowest BCUT2D eigenvalue weighted by Crippen LogP contribution is -2.37. The molecule has 1 atom stereocenters. The molecule has 3 heteroatoms. The van der Waals surface area contributed by atoms with Crippen LogP contribution < -0.4 is 11.3 Å². The summed E-state index contributed by atoms with van der Waals surface area (Å²) < 4.78 is 0. The van der Waals surface area contributed by atoms with E-state index < -0.39 is 0 Å². The quantitative estimate of drug-likeness (QED) is 0.627. The summed E-state index contributed by atoms with van der Waals surface area (Å²) in [4.78, 5) is 4.38. The second-order valence-corrected chi connectivity index (χ2v) is 5.18. The zero-order valence-electron chi connectivity index (χ0n) is 11.1. The van der Waals surface area contributed by atoms with Crippen molar-refractivity contribution in [2.45, 2.75) is 32.7 Å². The Bertz CT molecular complexity index is 503. The van der Waals surface area contributed by atoms with Crippen molar-refractivity contribution in [1.29, 1.82) is 0 Å². The Hall–Kier alpha value is -1.45. The van der Waals surface area contributed by atoms with Gasteiger partial charge in [-0.25, -0.2) is 0 Å². The Kier molecular flexibility index (Phi) is 4.28. The molecule has 0 aliphatic carbocycles. The molecule has 1 aromatic carbocycles. The number of pyridine rings is 1. The molecule has 3 N–H and O–H groups in total. The summed E-state index contributed by atoms with van der Waals surface area (Å²) in [6, 6.07) is 10.7. The van der Waals surface area contributed by atoms with Gasteiger partial charge in [-0.2, -0.15) is 0 Å². The highest BCUT2D eigenvalue weighted by atomic mass is 15.2. The Morgan fingerprint density at radius 1 is 1.22 bits per heavy atom. The lowest BCUT2D eigenvalue weighted by molar-refractivity contribution is 0.424. The van der Waals surface area contributed by atoms with Gasteiger partial charge in [-0.3, -0.25) is 16.3 Å². The topological polar surface area (TPSA) is 50.9 Å². The van der Waals surface area contributed by atoms with Crippen LogP contribution in [-0.4, -0.2) is 11.0 Å². The minimum Gasteiger partial charge on any atom is -0.271 e. The molecule has 96 valence electrons. The predicted molar refractivity (Wildman–Crippen MR) is 76.0 cm³/mol. The summed E-state index contributed by atoms with van der Waals surface area (Å²) in [5, 5.41) is 1.23. The number of hydrogen-bond acceptors (Lipinski definition) is 3. The van der Waals surface area contributed by atoms with Gasteiger partial charge in [0.2, 0.25) is 0 Å². The van der Waals surface area contributed by atoms with E-state index in [0.717, 1.165) is 18.4 Å². The first-order valence-electron chi connectivity index (χ1n) is 6.49. The molecule has 0 aliphatic heterocycles. The van der Waals surface area contributed by atoms with Crippen molar-refractivity contribution in [3.63, 3.8) is 0 Å². The maximum absolute atomic E-state index is 5.65. The van der Waals surface area contributed by atoms with Crippen LogP contribution in [0.1, 0.15) is 25.8 Å². The zero-order valence-corrected chi connectivity index (χ0v) is 11.1. The number of nitrogens with zero attached hydrogens (tertiary/aromatic N) is 1. The van der Waals surface area contributed by atoms with E-state index in [1.807, 2.05) is 18.3 Å². The highest BCUT2D eigenvalue weighted by Gasteiger charge is 2.11. The molecule has 18 heavy (non-hydrogen) atoms. The van der Waals surface area contributed by atoms with Crippen LogP contribution in [0.15, 0.2) is 36.5 Å². The first-order chi connectivity index (χ1) is 8.70. The first kappa shape index (κ1) is 13.0. The van der Waals surface area contributed by atoms with E-state index in [1.165, 1.54) is 10.9 Å². The van der Waals surface area contributed by atoms with Crippen molar-refractivity contribution >= 4 is 10.9 Å². The molecule has 0 radical (unpaired) electrons. The van der Waals surface area contributed by atoms with Crippen LogP contribution in [0.5, 0.6) is 0 Å². The van der Waals surface area contributed by atoms with Gasteiger partial charge in [0.15, 0.2) is 0 Å². The molecule has 1 aromatic heterocycles. The normalized spacial score (nSPS) is 13.1. The summed E-state index contributed by atoms with van der Waals surface area (Å²) in [6.07, 6.45) is 3.89. The Labute approximate surface area is 108 Å². The number of nitrogens with one attached hydrogen (secondary N) is 1. The van der Waals surface area contributed by atoms with Crippen molar-refractivity contribution in [1.82, 2.24) is 10.4 Å². The van der Waals surface area contributed by atoms with Crippen LogP contribution in [0.4, 0.5) is 0 Å². The van der Waals surface area contributed by atoms with Gasteiger partial charge in [-0.1, -0.05) is 32.0 Å². The van der Waals surface area contributed by atoms with E-state index in [-0.39, 0.29) is 0 Å². The van der Waals surface area contributed by atoms with E-state index in [9.17, 15) is 0 Å². The minimum atomic E-state index is 0.316. The van der Waals surface area contributed by atoms with Gasteiger partial charge in [0.25, 0.3) is 0 Å². The van der Waals surface area contributed by atoms with E-state index in [2.05, 4.69) is 42.5 Å². The second kappa shape index (κ2) is 5.94. The fourth-order valence-electron chi connectivity index (χ4n) is 2.38. The molecule has 3 nitrogen and oxygen atoms in total. The molecule has 1 unspecified atom stereocenters. The van der Waals surface area contributed by atoms with Crippen LogP contribution in [0.3, 0.4) is 0 Å². The van der Waals surface area contributed by atoms with Crippen LogP contribution in [0, 0.1) is 5.92 Å². The molecular weight excluding hydrogens is 222 g/mol. The third-order valence-corrected chi connectivity index (χ3v) is 3.20. The number of hydrazine groups is 1. The van der Waals surface area contributed by atoms with Gasteiger partial charge >= 0.3 is 0 Å². The van der Waals surface area contributed by atoms with Gasteiger partial charge < -0.3 is 0 Å². The SMILES string of the molecule is CC(C)CC(Cc1ccnc2ccccc12)NN. The average Bonchev–Trinajstić information content (AvgIpc) is 2.38. The molecule has 0 saturated heterocycles. The Balaban J connectivity index is 2.25. The number of fused-ring (bicyclic) bond motifs is 1. The molecule has 2 rings (SSSR count). The molecule has 0 amide bonds. The largest absolute Gasteiger partial charge is 0.271 e. The van der Waals surface area contributed by atoms with Gasteiger partial charge in [-0.05, 0) is 36.5 Å². The van der Waals surface area contributed by atoms with Gasteiger partial charge in [0, 0.05) is 17.6 Å². The van der Waals surface area contributed by atoms with Gasteiger partial charge in [-0.15, -0.1) is 0 Å². The Morgan fingerprint density at radius 3 is 2.72 bits per heavy atom. The van der Waals surface area contributed by atoms with Crippen molar-refractivity contribution in [3.05, 3.63) is 42.1 Å². The molecule has 1 heterocycles. The van der Waals surface area contributed by atoms with Gasteiger partial charge in [0.05, 0.1) is 5.52 Å². The number of rotatable bonds is 5. The molecule has 0 fully saturated rings. The van der Waals surface area contributed by atoms with E-state index >= 15 is 0 Å². The van der Waals surface area contributed by atoms with Crippen molar-refractivity contribution < 1.29 is 0 Å². The van der Waals surface area contributed by atoms with Crippen molar-refractivity contribution in [3.8, 4) is 0 Å². The van der Waals surface area contributed by atoms with Crippen LogP contribution in [-0.2, 0) is 6.42 Å². The maximum atomic E-state index is 5.65. The number of benzene rings is 1. The molecular formula is C15H21N3. The molecule has 0 aliphatic rings. The monoisotopic (exact) mass is 243 g/mol.